The average molecular weight is 592 g/mol. The summed E-state index contributed by atoms with van der Waals surface area (Å²) in [6.07, 6.45) is 0.682. The lowest BCUT2D eigenvalue weighted by molar-refractivity contribution is 0.0519. The maximum absolute atomic E-state index is 14.4. The number of aromatic nitrogens is 2. The number of benzene rings is 2. The molecule has 4 aromatic rings. The van der Waals surface area contributed by atoms with Crippen molar-refractivity contribution < 1.29 is 36.6 Å². The van der Waals surface area contributed by atoms with Gasteiger partial charge in [0.05, 0.1) is 17.1 Å². The molecule has 0 saturated carbocycles. The van der Waals surface area contributed by atoms with Crippen LogP contribution in [0.25, 0.3) is 5.65 Å². The number of hydrogen-bond donors (Lipinski definition) is 2. The standard InChI is InChI=1S/C29H26B2F4N4O4/c1-15-24(26(40)38-21(14-36-27(41)43-28(2,3)4)16-10-11-17(32)20(35)13-16)39-12-6-9-22(25(39)37-15)42-29(30,31)23-18(33)7-5-8-19(23)34/h5-13,21H,14H2,1-4H3,(H,36,41)(H,38,40). The molecule has 1 unspecified atom stereocenters. The molecule has 0 aliphatic heterocycles. The fourth-order valence-corrected chi connectivity index (χ4v) is 4.32. The van der Waals surface area contributed by atoms with E-state index in [1.165, 1.54) is 35.7 Å². The lowest BCUT2D eigenvalue weighted by atomic mass is 9.60. The Morgan fingerprint density at radius 2 is 1.65 bits per heavy atom. The summed E-state index contributed by atoms with van der Waals surface area (Å²) in [5.74, 6) is -5.11. The van der Waals surface area contributed by atoms with Crippen LogP contribution >= 0.6 is 0 Å². The Labute approximate surface area is 247 Å². The van der Waals surface area contributed by atoms with Gasteiger partial charge in [0.25, 0.3) is 5.91 Å². The molecule has 0 aliphatic carbocycles. The summed E-state index contributed by atoms with van der Waals surface area (Å²) < 4.78 is 68.7. The third kappa shape index (κ3) is 7.12. The van der Waals surface area contributed by atoms with Gasteiger partial charge in [0.15, 0.2) is 23.0 Å². The Morgan fingerprint density at radius 1 is 0.977 bits per heavy atom. The van der Waals surface area contributed by atoms with Crippen LogP contribution < -0.4 is 15.4 Å². The quantitative estimate of drug-likeness (QED) is 0.228. The molecule has 0 bridgehead atoms. The van der Waals surface area contributed by atoms with E-state index < -0.39 is 57.9 Å². The fourth-order valence-electron chi connectivity index (χ4n) is 4.32. The van der Waals surface area contributed by atoms with Crippen LogP contribution in [0.5, 0.6) is 5.75 Å². The van der Waals surface area contributed by atoms with Gasteiger partial charge in [0.1, 0.15) is 38.6 Å². The molecule has 2 aromatic carbocycles. The van der Waals surface area contributed by atoms with E-state index in [4.69, 9.17) is 25.2 Å². The highest BCUT2D eigenvalue weighted by atomic mass is 19.2. The first-order chi connectivity index (χ1) is 20.1. The first-order valence-electron chi connectivity index (χ1n) is 13.0. The second kappa shape index (κ2) is 12.0. The van der Waals surface area contributed by atoms with Gasteiger partial charge in [-0.2, -0.15) is 0 Å². The molecule has 2 N–H and O–H groups in total. The molecule has 14 heteroatoms. The van der Waals surface area contributed by atoms with Crippen LogP contribution in [0.3, 0.4) is 0 Å². The molecule has 220 valence electrons. The van der Waals surface area contributed by atoms with E-state index in [9.17, 15) is 27.2 Å². The van der Waals surface area contributed by atoms with Gasteiger partial charge in [0.2, 0.25) is 0 Å². The van der Waals surface area contributed by atoms with Gasteiger partial charge in [0, 0.05) is 18.3 Å². The Kier molecular flexibility index (Phi) is 8.79. The third-order valence-electron chi connectivity index (χ3n) is 6.14. The number of pyridine rings is 1. The average Bonchev–Trinajstić information content (AvgIpc) is 3.23. The first kappa shape index (κ1) is 31.5. The van der Waals surface area contributed by atoms with Gasteiger partial charge in [-0.25, -0.2) is 27.3 Å². The number of fused-ring (bicyclic) bond motifs is 1. The number of amides is 2. The zero-order valence-electron chi connectivity index (χ0n) is 23.7. The molecule has 0 aliphatic rings. The molecule has 0 saturated heterocycles. The van der Waals surface area contributed by atoms with Crippen molar-refractivity contribution in [2.75, 3.05) is 6.54 Å². The van der Waals surface area contributed by atoms with Gasteiger partial charge in [-0.3, -0.25) is 9.20 Å². The number of hydrogen-bond acceptors (Lipinski definition) is 5. The Bertz CT molecular complexity index is 1670. The topological polar surface area (TPSA) is 94.0 Å². The van der Waals surface area contributed by atoms with Crippen molar-refractivity contribution in [2.24, 2.45) is 0 Å². The van der Waals surface area contributed by atoms with E-state index in [2.05, 4.69) is 15.6 Å². The third-order valence-corrected chi connectivity index (χ3v) is 6.14. The van der Waals surface area contributed by atoms with Crippen LogP contribution in [-0.4, -0.2) is 49.2 Å². The fraction of sp³-hybridized carbons (Fsp3) is 0.276. The van der Waals surface area contributed by atoms with Crippen molar-refractivity contribution in [1.82, 2.24) is 20.0 Å². The summed E-state index contributed by atoms with van der Waals surface area (Å²) in [4.78, 5) is 30.2. The van der Waals surface area contributed by atoms with E-state index in [-0.39, 0.29) is 34.9 Å². The largest absolute Gasteiger partial charge is 0.498 e. The monoisotopic (exact) mass is 592 g/mol. The van der Waals surface area contributed by atoms with E-state index >= 15 is 0 Å². The highest BCUT2D eigenvalue weighted by Crippen LogP contribution is 2.31. The van der Waals surface area contributed by atoms with Crippen molar-refractivity contribution in [3.05, 3.63) is 101 Å². The number of halogens is 4. The van der Waals surface area contributed by atoms with Crippen LogP contribution in [-0.2, 0) is 10.1 Å². The van der Waals surface area contributed by atoms with Crippen molar-refractivity contribution in [1.29, 1.82) is 0 Å². The van der Waals surface area contributed by atoms with Gasteiger partial charge in [-0.15, -0.1) is 0 Å². The van der Waals surface area contributed by atoms with E-state index in [1.54, 1.807) is 20.8 Å². The minimum absolute atomic E-state index is 0.00187. The summed E-state index contributed by atoms with van der Waals surface area (Å²) >= 11 is 0. The maximum atomic E-state index is 14.4. The lowest BCUT2D eigenvalue weighted by Crippen LogP contribution is -2.40. The summed E-state index contributed by atoms with van der Waals surface area (Å²) in [5, 5.41) is 2.75. The zero-order chi connectivity index (χ0) is 31.7. The Hall–Kier alpha value is -4.48. The number of ether oxygens (including phenoxy) is 2. The van der Waals surface area contributed by atoms with E-state index in [0.29, 0.717) is 0 Å². The van der Waals surface area contributed by atoms with Gasteiger partial charge >= 0.3 is 6.09 Å². The van der Waals surface area contributed by atoms with Gasteiger partial charge < -0.3 is 20.1 Å². The molecule has 2 amide bonds. The van der Waals surface area contributed by atoms with Crippen LogP contribution in [0, 0.1) is 30.2 Å². The summed E-state index contributed by atoms with van der Waals surface area (Å²) in [6, 6.07) is 7.96. The minimum Gasteiger partial charge on any atom is -0.498 e. The van der Waals surface area contributed by atoms with Crippen molar-refractivity contribution in [2.45, 2.75) is 44.7 Å². The van der Waals surface area contributed by atoms with Crippen molar-refractivity contribution in [3.8, 4) is 5.75 Å². The predicted molar refractivity (Wildman–Crippen MR) is 151 cm³/mol. The molecule has 2 aromatic heterocycles. The van der Waals surface area contributed by atoms with Crippen molar-refractivity contribution in [3.63, 3.8) is 0 Å². The first-order valence-corrected chi connectivity index (χ1v) is 13.0. The maximum Gasteiger partial charge on any atom is 0.407 e. The highest BCUT2D eigenvalue weighted by Gasteiger charge is 2.31. The minimum atomic E-state index is -2.45. The summed E-state index contributed by atoms with van der Waals surface area (Å²) in [5.41, 5.74) is -1.12. The highest BCUT2D eigenvalue weighted by molar-refractivity contribution is 6.39. The molecule has 0 fully saturated rings. The Balaban J connectivity index is 1.65. The molecule has 1 atom stereocenters. The number of nitrogens with one attached hydrogen (secondary N) is 2. The molecule has 2 heterocycles. The molecular formula is C29H26B2F4N4O4. The molecule has 0 spiro atoms. The number of alkyl carbamates (subject to hydrolysis) is 1. The number of carbonyl (C=O) groups excluding carboxylic acids is 2. The van der Waals surface area contributed by atoms with Crippen LogP contribution in [0.15, 0.2) is 54.7 Å². The summed E-state index contributed by atoms with van der Waals surface area (Å²) in [7, 11) is 11.9. The van der Waals surface area contributed by atoms with Crippen LogP contribution in [0.4, 0.5) is 22.4 Å². The molecule has 43 heavy (non-hydrogen) atoms. The molecule has 8 nitrogen and oxygen atoms in total. The zero-order valence-corrected chi connectivity index (χ0v) is 23.7. The predicted octanol–water partition coefficient (Wildman–Crippen LogP) is 4.72. The number of imidazole rings is 1. The van der Waals surface area contributed by atoms with Crippen LogP contribution in [0.2, 0.25) is 0 Å². The van der Waals surface area contributed by atoms with Gasteiger partial charge in [-0.05, 0) is 69.7 Å². The van der Waals surface area contributed by atoms with Crippen molar-refractivity contribution >= 4 is 33.3 Å². The molecule has 4 rings (SSSR count). The van der Waals surface area contributed by atoms with E-state index in [1.807, 2.05) is 0 Å². The second-order valence-electron chi connectivity index (χ2n) is 10.7. The SMILES string of the molecule is [B]C([B])(Oc1cccn2c(C(=O)NC(CNC(=O)OC(C)(C)C)c3ccc(F)c(F)c3)c(C)nc12)c1c(F)cccc1F. The summed E-state index contributed by atoms with van der Waals surface area (Å²) in [6.45, 7) is 6.27. The lowest BCUT2D eigenvalue weighted by Gasteiger charge is -2.29. The normalized spacial score (nSPS) is 12.6. The number of nitrogens with zero attached hydrogens (tertiary/aromatic N) is 2. The Morgan fingerprint density at radius 3 is 2.28 bits per heavy atom. The van der Waals surface area contributed by atoms with E-state index in [0.717, 1.165) is 30.3 Å². The van der Waals surface area contributed by atoms with Gasteiger partial charge in [-0.1, -0.05) is 12.1 Å². The number of aryl methyl sites for hydroxylation is 1. The molecular weight excluding hydrogens is 566 g/mol. The molecule has 4 radical (unpaired) electrons. The number of rotatable bonds is 8. The number of carbonyl (C=O) groups is 2. The van der Waals surface area contributed by atoms with Crippen LogP contribution in [0.1, 0.15) is 54.1 Å². The second-order valence-corrected chi connectivity index (χ2v) is 10.7. The smallest absolute Gasteiger partial charge is 0.407 e.